The lowest BCUT2D eigenvalue weighted by molar-refractivity contribution is -0.139. The fourth-order valence-electron chi connectivity index (χ4n) is 3.98. The fourth-order valence-corrected chi connectivity index (χ4v) is 4.19. The molecule has 1 aromatic heterocycles. The highest BCUT2D eigenvalue weighted by molar-refractivity contribution is 6.30. The van der Waals surface area contributed by atoms with Gasteiger partial charge in [-0.1, -0.05) is 23.7 Å². The highest BCUT2D eigenvalue weighted by Gasteiger charge is 2.30. The number of oxazole rings is 1. The van der Waals surface area contributed by atoms with E-state index in [9.17, 15) is 9.59 Å². The van der Waals surface area contributed by atoms with Crippen molar-refractivity contribution in [2.45, 2.75) is 38.0 Å². The topological polar surface area (TPSA) is 66.7 Å². The highest BCUT2D eigenvalue weighted by atomic mass is 35.5. The minimum atomic E-state index is 0.0191. The van der Waals surface area contributed by atoms with Crippen LogP contribution in [0, 0.1) is 0 Å². The van der Waals surface area contributed by atoms with Crippen molar-refractivity contribution < 1.29 is 14.0 Å². The van der Waals surface area contributed by atoms with Crippen LogP contribution in [0.1, 0.15) is 48.8 Å². The third-order valence-electron chi connectivity index (χ3n) is 5.46. The van der Waals surface area contributed by atoms with Crippen molar-refractivity contribution in [3.63, 3.8) is 0 Å². The number of aromatic nitrogens is 1. The SMILES string of the molecule is O=C1CCCN1CC(=O)N1CCCC(c2ncc(Cc3cccc(Cl)c3)o2)C1. The molecule has 1 unspecified atom stereocenters. The second-order valence-corrected chi connectivity index (χ2v) is 8.01. The van der Waals surface area contributed by atoms with Crippen molar-refractivity contribution >= 4 is 23.4 Å². The van der Waals surface area contributed by atoms with Crippen LogP contribution in [0.15, 0.2) is 34.9 Å². The Morgan fingerprint density at radius 2 is 2.18 bits per heavy atom. The number of benzene rings is 1. The molecule has 2 saturated heterocycles. The summed E-state index contributed by atoms with van der Waals surface area (Å²) in [6.07, 6.45) is 5.67. The third-order valence-corrected chi connectivity index (χ3v) is 5.69. The summed E-state index contributed by atoms with van der Waals surface area (Å²) in [7, 11) is 0. The first-order valence-electron chi connectivity index (χ1n) is 9.83. The molecule has 2 aliphatic heterocycles. The lowest BCUT2D eigenvalue weighted by Crippen LogP contribution is -2.45. The molecular weight excluding hydrogens is 378 g/mol. The van der Waals surface area contributed by atoms with Crippen LogP contribution in [0.25, 0.3) is 0 Å². The second-order valence-electron chi connectivity index (χ2n) is 7.57. The van der Waals surface area contributed by atoms with Gasteiger partial charge in [0.15, 0.2) is 5.89 Å². The predicted octanol–water partition coefficient (Wildman–Crippen LogP) is 3.25. The van der Waals surface area contributed by atoms with E-state index in [0.717, 1.165) is 37.1 Å². The maximum atomic E-state index is 12.6. The smallest absolute Gasteiger partial charge is 0.242 e. The molecular formula is C21H24ClN3O3. The summed E-state index contributed by atoms with van der Waals surface area (Å²) in [5.74, 6) is 1.68. The van der Waals surface area contributed by atoms with E-state index in [1.54, 1.807) is 11.1 Å². The summed E-state index contributed by atoms with van der Waals surface area (Å²) < 4.78 is 5.99. The average molecular weight is 402 g/mol. The Hall–Kier alpha value is -2.34. The molecule has 0 aliphatic carbocycles. The van der Waals surface area contributed by atoms with Gasteiger partial charge >= 0.3 is 0 Å². The zero-order chi connectivity index (χ0) is 19.5. The number of amides is 2. The van der Waals surface area contributed by atoms with Crippen LogP contribution in [0.3, 0.4) is 0 Å². The molecule has 4 rings (SSSR count). The Morgan fingerprint density at radius 1 is 1.29 bits per heavy atom. The van der Waals surface area contributed by atoms with Crippen molar-refractivity contribution in [1.29, 1.82) is 0 Å². The first-order valence-corrected chi connectivity index (χ1v) is 10.2. The minimum absolute atomic E-state index is 0.0191. The van der Waals surface area contributed by atoms with E-state index in [4.69, 9.17) is 16.0 Å². The summed E-state index contributed by atoms with van der Waals surface area (Å²) in [4.78, 5) is 32.4. The molecule has 0 bridgehead atoms. The maximum absolute atomic E-state index is 12.6. The molecule has 1 atom stereocenters. The van der Waals surface area contributed by atoms with Gasteiger partial charge in [0.2, 0.25) is 11.8 Å². The number of halogens is 1. The molecule has 2 aliphatic rings. The van der Waals surface area contributed by atoms with Gasteiger partial charge in [-0.05, 0) is 37.0 Å². The molecule has 6 nitrogen and oxygen atoms in total. The number of carbonyl (C=O) groups is 2. The lowest BCUT2D eigenvalue weighted by atomic mass is 9.98. The molecule has 2 amide bonds. The van der Waals surface area contributed by atoms with Gasteiger partial charge in [-0.15, -0.1) is 0 Å². The summed E-state index contributed by atoms with van der Waals surface area (Å²) in [6.45, 7) is 2.21. The van der Waals surface area contributed by atoms with Gasteiger partial charge in [0.1, 0.15) is 5.76 Å². The fraction of sp³-hybridized carbons (Fsp3) is 0.476. The number of rotatable bonds is 5. The quantitative estimate of drug-likeness (QED) is 0.771. The van der Waals surface area contributed by atoms with Crippen LogP contribution in [-0.4, -0.2) is 52.8 Å². The van der Waals surface area contributed by atoms with E-state index >= 15 is 0 Å². The molecule has 2 fully saturated rings. The molecule has 148 valence electrons. The van der Waals surface area contributed by atoms with Crippen molar-refractivity contribution in [2.75, 3.05) is 26.2 Å². The molecule has 0 N–H and O–H groups in total. The minimum Gasteiger partial charge on any atom is -0.445 e. The number of hydrogen-bond donors (Lipinski definition) is 0. The van der Waals surface area contributed by atoms with Gasteiger partial charge in [-0.2, -0.15) is 0 Å². The first kappa shape index (κ1) is 19.0. The Balaban J connectivity index is 1.37. The van der Waals surface area contributed by atoms with Crippen molar-refractivity contribution in [1.82, 2.24) is 14.8 Å². The summed E-state index contributed by atoms with van der Waals surface area (Å²) in [6, 6.07) is 7.70. The second kappa shape index (κ2) is 8.35. The largest absolute Gasteiger partial charge is 0.445 e. The van der Waals surface area contributed by atoms with Crippen LogP contribution in [0.2, 0.25) is 5.02 Å². The third kappa shape index (κ3) is 4.38. The molecule has 0 radical (unpaired) electrons. The van der Waals surface area contributed by atoms with Gasteiger partial charge in [0, 0.05) is 37.5 Å². The maximum Gasteiger partial charge on any atom is 0.242 e. The number of nitrogens with zero attached hydrogens (tertiary/aromatic N) is 3. The van der Waals surface area contributed by atoms with Gasteiger partial charge in [-0.25, -0.2) is 4.98 Å². The molecule has 0 saturated carbocycles. The van der Waals surface area contributed by atoms with E-state index < -0.39 is 0 Å². The molecule has 2 aromatic rings. The van der Waals surface area contributed by atoms with E-state index in [1.807, 2.05) is 29.2 Å². The van der Waals surface area contributed by atoms with Gasteiger partial charge in [0.25, 0.3) is 0 Å². The Morgan fingerprint density at radius 3 is 2.96 bits per heavy atom. The normalized spacial score (nSPS) is 20.0. The molecule has 7 heteroatoms. The van der Waals surface area contributed by atoms with Crippen LogP contribution < -0.4 is 0 Å². The van der Waals surface area contributed by atoms with Gasteiger partial charge in [0.05, 0.1) is 18.7 Å². The number of hydrogen-bond acceptors (Lipinski definition) is 4. The summed E-state index contributed by atoms with van der Waals surface area (Å²) in [5.41, 5.74) is 1.07. The highest BCUT2D eigenvalue weighted by Crippen LogP contribution is 2.27. The van der Waals surface area contributed by atoms with Crippen molar-refractivity contribution in [2.24, 2.45) is 0 Å². The molecule has 0 spiro atoms. The monoisotopic (exact) mass is 401 g/mol. The lowest BCUT2D eigenvalue weighted by Gasteiger charge is -2.32. The zero-order valence-electron chi connectivity index (χ0n) is 15.8. The number of carbonyl (C=O) groups excluding carboxylic acids is 2. The predicted molar refractivity (Wildman–Crippen MR) is 105 cm³/mol. The Kier molecular flexibility index (Phi) is 5.67. The van der Waals surface area contributed by atoms with Gasteiger partial charge < -0.3 is 14.2 Å². The standard InChI is InChI=1S/C21H24ClN3O3/c22-17-6-1-4-15(10-17)11-18-12-23-21(28-18)16-5-2-8-24(13-16)20(27)14-25-9-3-7-19(25)26/h1,4,6,10,12,16H,2-3,5,7-9,11,13-14H2. The Bertz CT molecular complexity index is 866. The van der Waals surface area contributed by atoms with Crippen molar-refractivity contribution in [3.8, 4) is 0 Å². The van der Waals surface area contributed by atoms with Gasteiger partial charge in [-0.3, -0.25) is 9.59 Å². The average Bonchev–Trinajstić information content (AvgIpc) is 3.31. The Labute approximate surface area is 169 Å². The van der Waals surface area contributed by atoms with Crippen LogP contribution >= 0.6 is 11.6 Å². The molecule has 3 heterocycles. The van der Waals surface area contributed by atoms with Crippen LogP contribution in [-0.2, 0) is 16.0 Å². The van der Waals surface area contributed by atoms with E-state index in [0.29, 0.717) is 36.8 Å². The molecule has 28 heavy (non-hydrogen) atoms. The zero-order valence-corrected chi connectivity index (χ0v) is 16.5. The number of likely N-dealkylation sites (tertiary alicyclic amines) is 2. The van der Waals surface area contributed by atoms with Crippen LogP contribution in [0.4, 0.5) is 0 Å². The van der Waals surface area contributed by atoms with Crippen LogP contribution in [0.5, 0.6) is 0 Å². The van der Waals surface area contributed by atoms with E-state index in [1.165, 1.54) is 0 Å². The molecule has 1 aromatic carbocycles. The summed E-state index contributed by atoms with van der Waals surface area (Å²) in [5, 5.41) is 0.704. The first-order chi connectivity index (χ1) is 13.6. The summed E-state index contributed by atoms with van der Waals surface area (Å²) >= 11 is 6.05. The van der Waals surface area contributed by atoms with E-state index in [2.05, 4.69) is 4.98 Å². The van der Waals surface area contributed by atoms with E-state index in [-0.39, 0.29) is 24.3 Å². The van der Waals surface area contributed by atoms with Crippen molar-refractivity contribution in [3.05, 3.63) is 52.7 Å². The number of piperidine rings is 1.